The van der Waals surface area contributed by atoms with E-state index in [1.807, 2.05) is 0 Å². The second-order valence-electron chi connectivity index (χ2n) is 5.33. The highest BCUT2D eigenvalue weighted by Crippen LogP contribution is 2.06. The molecule has 5 nitrogen and oxygen atoms in total. The predicted molar refractivity (Wildman–Crippen MR) is 75.9 cm³/mol. The molecule has 1 aliphatic heterocycles. The Morgan fingerprint density at radius 2 is 1.79 bits per heavy atom. The highest BCUT2D eigenvalue weighted by atomic mass is 16.5. The predicted octanol–water partition coefficient (Wildman–Crippen LogP) is 1.82. The summed E-state index contributed by atoms with van der Waals surface area (Å²) in [6.07, 6.45) is 9.05. The Hall–Kier alpha value is -0.650. The van der Waals surface area contributed by atoms with Crippen molar-refractivity contribution in [1.82, 2.24) is 15.3 Å². The van der Waals surface area contributed by atoms with Crippen molar-refractivity contribution in [3.63, 3.8) is 0 Å². The number of hydroxylamine groups is 2. The Kier molecular flexibility index (Phi) is 8.79. The van der Waals surface area contributed by atoms with Gasteiger partial charge in [0.1, 0.15) is 0 Å². The largest absolute Gasteiger partial charge is 0.325 e. The number of carbonyl (C=O) groups is 1. The van der Waals surface area contributed by atoms with Crippen LogP contribution >= 0.6 is 0 Å². The molecule has 0 atom stereocenters. The first-order valence-corrected chi connectivity index (χ1v) is 7.66. The molecule has 5 heteroatoms. The van der Waals surface area contributed by atoms with Gasteiger partial charge in [-0.05, 0) is 13.0 Å². The average Bonchev–Trinajstić information content (AvgIpc) is 2.83. The van der Waals surface area contributed by atoms with E-state index in [1.165, 1.54) is 43.6 Å². The van der Waals surface area contributed by atoms with E-state index in [-0.39, 0.29) is 5.91 Å². The van der Waals surface area contributed by atoms with Crippen LogP contribution in [-0.2, 0) is 4.79 Å². The average molecular weight is 271 g/mol. The maximum atomic E-state index is 11.7. The Morgan fingerprint density at radius 1 is 1.11 bits per heavy atom. The SMILES string of the molecule is CCCCCCCCCNCC(=O)N1CCN(O)C1. The fraction of sp³-hybridized carbons (Fsp3) is 0.929. The summed E-state index contributed by atoms with van der Waals surface area (Å²) in [5, 5.41) is 13.6. The molecule has 0 unspecified atom stereocenters. The lowest BCUT2D eigenvalue weighted by Crippen LogP contribution is -2.37. The number of unbranched alkanes of at least 4 members (excludes halogenated alkanes) is 6. The lowest BCUT2D eigenvalue weighted by Gasteiger charge is -2.15. The number of hydrogen-bond donors (Lipinski definition) is 2. The van der Waals surface area contributed by atoms with Gasteiger partial charge in [-0.1, -0.05) is 45.4 Å². The molecule has 0 radical (unpaired) electrons. The van der Waals surface area contributed by atoms with Crippen LogP contribution in [0.1, 0.15) is 51.9 Å². The van der Waals surface area contributed by atoms with Gasteiger partial charge in [-0.2, -0.15) is 5.06 Å². The second kappa shape index (κ2) is 10.2. The van der Waals surface area contributed by atoms with Crippen molar-refractivity contribution in [3.8, 4) is 0 Å². The number of amides is 1. The fourth-order valence-electron chi connectivity index (χ4n) is 2.29. The van der Waals surface area contributed by atoms with Crippen molar-refractivity contribution >= 4 is 5.91 Å². The van der Waals surface area contributed by atoms with E-state index >= 15 is 0 Å². The number of hydrogen-bond acceptors (Lipinski definition) is 4. The molecule has 1 saturated heterocycles. The highest BCUT2D eigenvalue weighted by molar-refractivity contribution is 5.78. The van der Waals surface area contributed by atoms with Gasteiger partial charge in [-0.15, -0.1) is 0 Å². The summed E-state index contributed by atoms with van der Waals surface area (Å²) in [7, 11) is 0. The van der Waals surface area contributed by atoms with Gasteiger partial charge >= 0.3 is 0 Å². The quantitative estimate of drug-likeness (QED) is 0.595. The molecule has 1 aliphatic rings. The van der Waals surface area contributed by atoms with Crippen LogP contribution in [0.15, 0.2) is 0 Å². The number of rotatable bonds is 10. The molecule has 2 N–H and O–H groups in total. The second-order valence-corrected chi connectivity index (χ2v) is 5.33. The molecule has 0 aliphatic carbocycles. The third kappa shape index (κ3) is 7.50. The standard InChI is InChI=1S/C14H29N3O2/c1-2-3-4-5-6-7-8-9-15-12-14(18)16-10-11-17(19)13-16/h15,19H,2-13H2,1H3. The van der Waals surface area contributed by atoms with E-state index in [1.54, 1.807) is 4.90 Å². The van der Waals surface area contributed by atoms with Gasteiger partial charge < -0.3 is 15.4 Å². The first-order chi connectivity index (χ1) is 9.24. The van der Waals surface area contributed by atoms with E-state index in [9.17, 15) is 10.0 Å². The van der Waals surface area contributed by atoms with Crippen LogP contribution in [0, 0.1) is 0 Å². The zero-order chi connectivity index (χ0) is 13.9. The van der Waals surface area contributed by atoms with Crippen LogP contribution in [0.2, 0.25) is 0 Å². The van der Waals surface area contributed by atoms with Gasteiger partial charge in [0.15, 0.2) is 0 Å². The van der Waals surface area contributed by atoms with Gasteiger partial charge in [-0.25, -0.2) is 0 Å². The van der Waals surface area contributed by atoms with E-state index in [0.29, 0.717) is 26.3 Å². The van der Waals surface area contributed by atoms with Crippen molar-refractivity contribution in [3.05, 3.63) is 0 Å². The highest BCUT2D eigenvalue weighted by Gasteiger charge is 2.21. The first-order valence-electron chi connectivity index (χ1n) is 7.66. The summed E-state index contributed by atoms with van der Waals surface area (Å²) in [4.78, 5) is 13.4. The molecule has 1 heterocycles. The molecule has 112 valence electrons. The van der Waals surface area contributed by atoms with Crippen molar-refractivity contribution in [2.24, 2.45) is 0 Å². The normalized spacial score (nSPS) is 16.2. The molecule has 0 aromatic carbocycles. The fourth-order valence-corrected chi connectivity index (χ4v) is 2.29. The van der Waals surface area contributed by atoms with Gasteiger partial charge in [-0.3, -0.25) is 4.79 Å². The van der Waals surface area contributed by atoms with Crippen LogP contribution < -0.4 is 5.32 Å². The number of carbonyl (C=O) groups excluding carboxylic acids is 1. The smallest absolute Gasteiger partial charge is 0.237 e. The molecule has 0 bridgehead atoms. The van der Waals surface area contributed by atoms with Crippen LogP contribution in [0.4, 0.5) is 0 Å². The first kappa shape index (κ1) is 16.4. The van der Waals surface area contributed by atoms with Gasteiger partial charge in [0.05, 0.1) is 13.2 Å². The molecule has 0 aromatic rings. The minimum Gasteiger partial charge on any atom is -0.325 e. The van der Waals surface area contributed by atoms with Crippen molar-refractivity contribution < 1.29 is 10.0 Å². The topological polar surface area (TPSA) is 55.8 Å². The molecule has 1 rings (SSSR count). The van der Waals surface area contributed by atoms with Gasteiger partial charge in [0, 0.05) is 13.1 Å². The van der Waals surface area contributed by atoms with Gasteiger partial charge in [0.2, 0.25) is 5.91 Å². The summed E-state index contributed by atoms with van der Waals surface area (Å²) in [6, 6.07) is 0. The van der Waals surface area contributed by atoms with Crippen molar-refractivity contribution in [1.29, 1.82) is 0 Å². The van der Waals surface area contributed by atoms with Crippen molar-refractivity contribution in [2.75, 3.05) is 32.8 Å². The Balaban J connectivity index is 1.86. The maximum absolute atomic E-state index is 11.7. The minimum atomic E-state index is 0.0829. The van der Waals surface area contributed by atoms with Crippen LogP contribution in [0.25, 0.3) is 0 Å². The molecule has 19 heavy (non-hydrogen) atoms. The molecule has 0 saturated carbocycles. The van der Waals surface area contributed by atoms with Crippen molar-refractivity contribution in [2.45, 2.75) is 51.9 Å². The monoisotopic (exact) mass is 271 g/mol. The molecule has 1 fully saturated rings. The lowest BCUT2D eigenvalue weighted by molar-refractivity contribution is -0.134. The zero-order valence-corrected chi connectivity index (χ0v) is 12.2. The summed E-state index contributed by atoms with van der Waals surface area (Å²) in [5.41, 5.74) is 0. The summed E-state index contributed by atoms with van der Waals surface area (Å²) >= 11 is 0. The maximum Gasteiger partial charge on any atom is 0.237 e. The lowest BCUT2D eigenvalue weighted by atomic mass is 10.1. The third-order valence-corrected chi connectivity index (χ3v) is 3.55. The molecule has 1 amide bonds. The molecule has 0 spiro atoms. The Bertz CT molecular complexity index is 249. The van der Waals surface area contributed by atoms with E-state index in [4.69, 9.17) is 0 Å². The molecule has 0 aromatic heterocycles. The zero-order valence-electron chi connectivity index (χ0n) is 12.2. The molecular weight excluding hydrogens is 242 g/mol. The van der Waals surface area contributed by atoms with E-state index in [0.717, 1.165) is 13.0 Å². The molecular formula is C14H29N3O2. The van der Waals surface area contributed by atoms with Crippen LogP contribution in [-0.4, -0.2) is 53.9 Å². The third-order valence-electron chi connectivity index (χ3n) is 3.55. The summed E-state index contributed by atoms with van der Waals surface area (Å²) < 4.78 is 0. The van der Waals surface area contributed by atoms with E-state index in [2.05, 4.69) is 12.2 Å². The Labute approximate surface area is 116 Å². The van der Waals surface area contributed by atoms with Gasteiger partial charge in [0.25, 0.3) is 0 Å². The minimum absolute atomic E-state index is 0.0829. The summed E-state index contributed by atoms with van der Waals surface area (Å²) in [5.74, 6) is 0.0829. The summed E-state index contributed by atoms with van der Waals surface area (Å²) in [6.45, 7) is 5.08. The number of nitrogens with zero attached hydrogens (tertiary/aromatic N) is 2. The Morgan fingerprint density at radius 3 is 2.42 bits per heavy atom. The number of nitrogens with one attached hydrogen (secondary N) is 1. The van der Waals surface area contributed by atoms with Crippen LogP contribution in [0.5, 0.6) is 0 Å². The van der Waals surface area contributed by atoms with Crippen LogP contribution in [0.3, 0.4) is 0 Å². The van der Waals surface area contributed by atoms with E-state index < -0.39 is 0 Å².